The Hall–Kier alpha value is -2.71. The summed E-state index contributed by atoms with van der Waals surface area (Å²) in [7, 11) is 3.08. The summed E-state index contributed by atoms with van der Waals surface area (Å²) in [6, 6.07) is 2.00. The Morgan fingerprint density at radius 3 is 2.06 bits per heavy atom. The van der Waals surface area contributed by atoms with Crippen molar-refractivity contribution in [2.75, 3.05) is 27.4 Å². The van der Waals surface area contributed by atoms with Gasteiger partial charge >= 0.3 is 18.2 Å². The molecule has 1 aromatic rings. The normalized spacial score (nSPS) is 15.2. The Morgan fingerprint density at radius 1 is 1.03 bits per heavy atom. The fraction of sp³-hybridized carbons (Fsp3) is 0.565. The minimum Gasteiger partial charge on any atom is -0.443 e. The summed E-state index contributed by atoms with van der Waals surface area (Å²) in [5, 5.41) is 0. The maximum atomic E-state index is 15.0. The number of benzene rings is 1. The zero-order valence-corrected chi connectivity index (χ0v) is 23.8. The fourth-order valence-electron chi connectivity index (χ4n) is 3.16. The summed E-state index contributed by atoms with van der Waals surface area (Å²) in [6.07, 6.45) is -1.92. The molecular weight excluding hydrogens is 591 g/mol. The summed E-state index contributed by atoms with van der Waals surface area (Å²) >= 11 is 1.53. The maximum absolute atomic E-state index is 15.0. The molecule has 0 saturated carbocycles. The van der Waals surface area contributed by atoms with E-state index < -0.39 is 41.6 Å². The Kier molecular flexibility index (Phi) is 9.13. The van der Waals surface area contributed by atoms with Crippen LogP contribution < -0.4 is 0 Å². The number of ether oxygens (including phenoxy) is 2. The fourth-order valence-corrected chi connectivity index (χ4v) is 3.68. The van der Waals surface area contributed by atoms with E-state index in [-0.39, 0.29) is 34.5 Å². The van der Waals surface area contributed by atoms with Crippen molar-refractivity contribution >= 4 is 46.8 Å². The topological polar surface area (TPSA) is 95.0 Å². The van der Waals surface area contributed by atoms with Crippen LogP contribution in [0.4, 0.5) is 23.2 Å². The van der Waals surface area contributed by atoms with Gasteiger partial charge in [0.1, 0.15) is 22.8 Å². The Bertz CT molecular complexity index is 1040. The lowest BCUT2D eigenvalue weighted by molar-refractivity contribution is 0.0299. The van der Waals surface area contributed by atoms with Gasteiger partial charge in [-0.25, -0.2) is 28.1 Å². The number of carbonyl (C=O) groups is 3. The van der Waals surface area contributed by atoms with E-state index in [0.29, 0.717) is 0 Å². The number of hydrogen-bond donors (Lipinski definition) is 0. The molecule has 0 atom stereocenters. The quantitative estimate of drug-likeness (QED) is 0.203. The lowest BCUT2D eigenvalue weighted by Crippen LogP contribution is -2.60. The molecule has 2 rings (SSSR count). The molecule has 0 spiro atoms. The lowest BCUT2D eigenvalue weighted by atomic mass is 10.2. The van der Waals surface area contributed by atoms with Crippen molar-refractivity contribution in [3.8, 4) is 0 Å². The van der Waals surface area contributed by atoms with Gasteiger partial charge in [-0.3, -0.25) is 0 Å². The number of guanidine groups is 1. The molecule has 200 valence electrons. The van der Waals surface area contributed by atoms with Crippen LogP contribution >= 0.6 is 22.6 Å². The van der Waals surface area contributed by atoms with Gasteiger partial charge in [0.25, 0.3) is 0 Å². The van der Waals surface area contributed by atoms with E-state index in [9.17, 15) is 23.2 Å². The first-order valence-electron chi connectivity index (χ1n) is 11.1. The standard InChI is InChI=1S/C23H32F2IN5O5/c1-22(2,3)35-19(32)27-18(30-12-28(7)20(33)29(8)13-30)31(21(34)36-23(4,5)6)11-14-9-10-15(24)17(26)16(14)25/h9-10H,11-13H2,1-8H3. The highest BCUT2D eigenvalue weighted by molar-refractivity contribution is 14.1. The van der Waals surface area contributed by atoms with E-state index in [4.69, 9.17) is 9.47 Å². The van der Waals surface area contributed by atoms with Crippen molar-refractivity contribution in [2.24, 2.45) is 4.99 Å². The molecule has 1 aliphatic heterocycles. The minimum absolute atomic E-state index is 0.0293. The molecule has 1 heterocycles. The van der Waals surface area contributed by atoms with Gasteiger partial charge in [0.05, 0.1) is 23.5 Å². The van der Waals surface area contributed by atoms with Gasteiger partial charge in [0.2, 0.25) is 5.96 Å². The lowest BCUT2D eigenvalue weighted by Gasteiger charge is -2.42. The summed E-state index contributed by atoms with van der Waals surface area (Å²) < 4.78 is 39.5. The van der Waals surface area contributed by atoms with E-state index in [2.05, 4.69) is 4.99 Å². The number of carbonyl (C=O) groups excluding carboxylic acids is 3. The third-order valence-corrected chi connectivity index (χ3v) is 5.57. The van der Waals surface area contributed by atoms with Gasteiger partial charge in [-0.05, 0) is 70.2 Å². The molecule has 0 bridgehead atoms. The first-order chi connectivity index (χ1) is 16.4. The average Bonchev–Trinajstić information content (AvgIpc) is 2.71. The van der Waals surface area contributed by atoms with Gasteiger partial charge in [-0.15, -0.1) is 4.99 Å². The zero-order valence-electron chi connectivity index (χ0n) is 21.7. The second-order valence-corrected chi connectivity index (χ2v) is 11.4. The van der Waals surface area contributed by atoms with Gasteiger partial charge < -0.3 is 24.2 Å². The van der Waals surface area contributed by atoms with Crippen LogP contribution in [0.1, 0.15) is 47.1 Å². The van der Waals surface area contributed by atoms with Crippen LogP contribution in [0.2, 0.25) is 0 Å². The van der Waals surface area contributed by atoms with E-state index in [1.54, 1.807) is 41.5 Å². The molecule has 4 amide bonds. The molecule has 0 aliphatic carbocycles. The number of rotatable bonds is 2. The summed E-state index contributed by atoms with van der Waals surface area (Å²) in [5.74, 6) is -1.83. The third kappa shape index (κ3) is 7.90. The number of nitrogens with zero attached hydrogens (tertiary/aromatic N) is 5. The molecule has 0 unspecified atom stereocenters. The molecule has 1 fully saturated rings. The summed E-state index contributed by atoms with van der Waals surface area (Å²) in [5.41, 5.74) is -1.85. The largest absolute Gasteiger partial charge is 0.443 e. The molecule has 13 heteroatoms. The SMILES string of the molecule is CN1CN(C(=NC(=O)OC(C)(C)C)N(Cc2ccc(F)c(I)c2F)C(=O)OC(C)(C)C)CN(C)C1=O. The van der Waals surface area contributed by atoms with Crippen molar-refractivity contribution < 1.29 is 32.6 Å². The maximum Gasteiger partial charge on any atom is 0.437 e. The zero-order chi connectivity index (χ0) is 27.6. The van der Waals surface area contributed by atoms with E-state index >= 15 is 0 Å². The van der Waals surface area contributed by atoms with Crippen molar-refractivity contribution in [3.05, 3.63) is 32.9 Å². The van der Waals surface area contributed by atoms with Crippen LogP contribution in [0.25, 0.3) is 0 Å². The molecule has 0 radical (unpaired) electrons. The number of halogens is 3. The Balaban J connectivity index is 2.64. The van der Waals surface area contributed by atoms with Crippen LogP contribution in [0.3, 0.4) is 0 Å². The van der Waals surface area contributed by atoms with Crippen LogP contribution in [-0.2, 0) is 16.0 Å². The monoisotopic (exact) mass is 623 g/mol. The first-order valence-corrected chi connectivity index (χ1v) is 12.1. The van der Waals surface area contributed by atoms with E-state index in [0.717, 1.165) is 11.0 Å². The highest BCUT2D eigenvalue weighted by Gasteiger charge is 2.36. The smallest absolute Gasteiger partial charge is 0.437 e. The molecule has 0 N–H and O–H groups in total. The highest BCUT2D eigenvalue weighted by Crippen LogP contribution is 2.23. The highest BCUT2D eigenvalue weighted by atomic mass is 127. The molecule has 10 nitrogen and oxygen atoms in total. The number of urea groups is 1. The molecule has 36 heavy (non-hydrogen) atoms. The molecule has 1 aromatic carbocycles. The second-order valence-electron chi connectivity index (χ2n) is 10.3. The summed E-state index contributed by atoms with van der Waals surface area (Å²) in [6.45, 7) is 9.41. The van der Waals surface area contributed by atoms with Crippen molar-refractivity contribution in [3.63, 3.8) is 0 Å². The second kappa shape index (κ2) is 11.1. The van der Waals surface area contributed by atoms with Crippen LogP contribution in [0.5, 0.6) is 0 Å². The Labute approximate surface area is 223 Å². The van der Waals surface area contributed by atoms with Crippen LogP contribution in [0, 0.1) is 15.2 Å². The number of aliphatic imine (C=N–C) groups is 1. The van der Waals surface area contributed by atoms with Crippen molar-refractivity contribution in [1.82, 2.24) is 19.6 Å². The third-order valence-electron chi connectivity index (χ3n) is 4.59. The van der Waals surface area contributed by atoms with Crippen molar-refractivity contribution in [2.45, 2.75) is 59.3 Å². The average molecular weight is 623 g/mol. The van der Waals surface area contributed by atoms with Gasteiger partial charge in [-0.2, -0.15) is 0 Å². The van der Waals surface area contributed by atoms with Crippen LogP contribution in [-0.4, -0.2) is 82.4 Å². The Morgan fingerprint density at radius 2 is 1.56 bits per heavy atom. The number of hydrogen-bond acceptors (Lipinski definition) is 5. The first kappa shape index (κ1) is 29.5. The summed E-state index contributed by atoms with van der Waals surface area (Å²) in [4.78, 5) is 47.6. The minimum atomic E-state index is -0.998. The molecule has 0 aromatic heterocycles. The molecule has 1 aliphatic rings. The van der Waals surface area contributed by atoms with Crippen LogP contribution in [0.15, 0.2) is 17.1 Å². The predicted molar refractivity (Wildman–Crippen MR) is 137 cm³/mol. The molecular formula is C23H32F2IN5O5. The van der Waals surface area contributed by atoms with Crippen molar-refractivity contribution in [1.29, 1.82) is 0 Å². The van der Waals surface area contributed by atoms with Gasteiger partial charge in [0.15, 0.2) is 0 Å². The molecule has 1 saturated heterocycles. The van der Waals surface area contributed by atoms with E-state index in [1.807, 2.05) is 0 Å². The predicted octanol–water partition coefficient (Wildman–Crippen LogP) is 4.81. The number of amides is 4. The van der Waals surface area contributed by atoms with Gasteiger partial charge in [-0.1, -0.05) is 6.07 Å². The van der Waals surface area contributed by atoms with E-state index in [1.165, 1.54) is 57.5 Å². The van der Waals surface area contributed by atoms with Gasteiger partial charge in [0, 0.05) is 19.7 Å².